The van der Waals surface area contributed by atoms with E-state index in [1.807, 2.05) is 9.25 Å². The summed E-state index contributed by atoms with van der Waals surface area (Å²) < 4.78 is 6.38. The molecule has 0 saturated heterocycles. The highest BCUT2D eigenvalue weighted by atomic mass is 32.1. The van der Waals surface area contributed by atoms with Crippen LogP contribution in [0.25, 0.3) is 5.69 Å². The maximum absolute atomic E-state index is 5.44. The minimum atomic E-state index is 0.323. The van der Waals surface area contributed by atoms with E-state index in [9.17, 15) is 0 Å². The van der Waals surface area contributed by atoms with Gasteiger partial charge in [0, 0.05) is 12.1 Å². The predicted octanol–water partition coefficient (Wildman–Crippen LogP) is 1.25. The van der Waals surface area contributed by atoms with Crippen LogP contribution in [-0.2, 0) is 13.2 Å². The van der Waals surface area contributed by atoms with E-state index >= 15 is 0 Å². The van der Waals surface area contributed by atoms with E-state index in [1.165, 1.54) is 16.8 Å². The van der Waals surface area contributed by atoms with Gasteiger partial charge in [-0.25, -0.2) is 9.67 Å². The predicted molar refractivity (Wildman–Crippen MR) is 93.4 cm³/mol. The maximum atomic E-state index is 5.44. The molecule has 7 nitrogen and oxygen atoms in total. The fourth-order valence-corrected chi connectivity index (χ4v) is 2.90. The molecule has 0 aliphatic carbocycles. The first-order chi connectivity index (χ1) is 11.6. The van der Waals surface area contributed by atoms with Gasteiger partial charge in [-0.1, -0.05) is 12.1 Å². The van der Waals surface area contributed by atoms with Gasteiger partial charge in [0.15, 0.2) is 6.67 Å². The highest BCUT2D eigenvalue weighted by Gasteiger charge is 2.17. The average molecular weight is 344 g/mol. The van der Waals surface area contributed by atoms with Crippen LogP contribution in [-0.4, -0.2) is 36.2 Å². The van der Waals surface area contributed by atoms with Gasteiger partial charge in [-0.2, -0.15) is 14.9 Å². The van der Waals surface area contributed by atoms with Crippen LogP contribution in [0.4, 0.5) is 0 Å². The van der Waals surface area contributed by atoms with E-state index in [4.69, 9.17) is 12.2 Å². The largest absolute Gasteiger partial charge is 0.313 e. The second-order valence-electron chi connectivity index (χ2n) is 5.86. The van der Waals surface area contributed by atoms with Gasteiger partial charge in [-0.3, -0.25) is 0 Å². The first kappa shape index (κ1) is 16.5. The summed E-state index contributed by atoms with van der Waals surface area (Å²) in [6.45, 7) is 5.85. The Morgan fingerprint density at radius 2 is 1.92 bits per heavy atom. The third-order valence-electron chi connectivity index (χ3n) is 4.35. The normalized spacial score (nSPS) is 13.8. The van der Waals surface area contributed by atoms with Gasteiger partial charge in [0.25, 0.3) is 0 Å². The molecule has 2 atom stereocenters. The Hall–Kier alpha value is -2.32. The molecule has 24 heavy (non-hydrogen) atoms. The molecule has 0 spiro atoms. The van der Waals surface area contributed by atoms with Crippen LogP contribution in [0, 0.1) is 4.77 Å². The molecule has 0 fully saturated rings. The number of quaternary nitrogens is 1. The molecule has 3 rings (SSSR count). The molecule has 2 aromatic heterocycles. The number of hydrogen-bond acceptors (Lipinski definition) is 4. The van der Waals surface area contributed by atoms with Crippen LogP contribution in [0.5, 0.6) is 0 Å². The molecular formula is C16H22N7S+. The van der Waals surface area contributed by atoms with Crippen molar-refractivity contribution in [3.63, 3.8) is 0 Å². The second kappa shape index (κ2) is 7.06. The summed E-state index contributed by atoms with van der Waals surface area (Å²) in [5.74, 6) is 0. The summed E-state index contributed by atoms with van der Waals surface area (Å²) in [5.41, 5.74) is 2.27. The lowest BCUT2D eigenvalue weighted by Crippen LogP contribution is -3.08. The highest BCUT2D eigenvalue weighted by molar-refractivity contribution is 7.71. The number of hydrogen-bond donors (Lipinski definition) is 1. The minimum Gasteiger partial charge on any atom is -0.313 e. The van der Waals surface area contributed by atoms with Gasteiger partial charge < -0.3 is 9.47 Å². The summed E-state index contributed by atoms with van der Waals surface area (Å²) >= 11 is 5.44. The standard InChI is InChI=1S/C16H21N7S/c1-4-21-11-19-23(16(21)24)12-20(3)13(2)14-5-7-15(8-6-14)22-10-17-9-18-22/h5-11,13H,4,12H2,1-3H3/p+1/t13-/m0/s1. The highest BCUT2D eigenvalue weighted by Crippen LogP contribution is 2.13. The number of nitrogens with zero attached hydrogens (tertiary/aromatic N) is 6. The third kappa shape index (κ3) is 3.29. The molecule has 8 heteroatoms. The molecular weight excluding hydrogens is 322 g/mol. The van der Waals surface area contributed by atoms with Gasteiger partial charge in [0.2, 0.25) is 4.77 Å². The Bertz CT molecular complexity index is 832. The van der Waals surface area contributed by atoms with E-state index < -0.39 is 0 Å². The molecule has 0 aliphatic heterocycles. The summed E-state index contributed by atoms with van der Waals surface area (Å²) in [7, 11) is 2.16. The summed E-state index contributed by atoms with van der Waals surface area (Å²) in [4.78, 5) is 5.29. The summed E-state index contributed by atoms with van der Waals surface area (Å²) in [6, 6.07) is 8.71. The van der Waals surface area contributed by atoms with Crippen molar-refractivity contribution in [3.8, 4) is 5.69 Å². The smallest absolute Gasteiger partial charge is 0.202 e. The van der Waals surface area contributed by atoms with Crippen LogP contribution in [0.3, 0.4) is 0 Å². The van der Waals surface area contributed by atoms with E-state index in [0.717, 1.165) is 23.7 Å². The first-order valence-corrected chi connectivity index (χ1v) is 8.40. The lowest BCUT2D eigenvalue weighted by Gasteiger charge is -2.22. The van der Waals surface area contributed by atoms with Gasteiger partial charge in [-0.05, 0) is 38.2 Å². The fraction of sp³-hybridized carbons (Fsp3) is 0.375. The van der Waals surface area contributed by atoms with Crippen molar-refractivity contribution in [3.05, 3.63) is 53.6 Å². The Labute approximate surface area is 146 Å². The van der Waals surface area contributed by atoms with Gasteiger partial charge in [0.05, 0.1) is 12.7 Å². The lowest BCUT2D eigenvalue weighted by molar-refractivity contribution is -0.933. The van der Waals surface area contributed by atoms with E-state index in [2.05, 4.69) is 60.3 Å². The summed E-state index contributed by atoms with van der Waals surface area (Å²) in [6.07, 6.45) is 5.03. The molecule has 3 aromatic rings. The van der Waals surface area contributed by atoms with Gasteiger partial charge in [-0.15, -0.1) is 0 Å². The molecule has 0 amide bonds. The maximum Gasteiger partial charge on any atom is 0.202 e. The molecule has 1 N–H and O–H groups in total. The van der Waals surface area contributed by atoms with Crippen LogP contribution in [0.15, 0.2) is 43.2 Å². The zero-order chi connectivity index (χ0) is 17.1. The number of benzene rings is 1. The van der Waals surface area contributed by atoms with Crippen molar-refractivity contribution in [2.75, 3.05) is 7.05 Å². The number of rotatable bonds is 6. The van der Waals surface area contributed by atoms with Crippen LogP contribution >= 0.6 is 12.2 Å². The Morgan fingerprint density at radius 3 is 2.50 bits per heavy atom. The van der Waals surface area contributed by atoms with Gasteiger partial charge in [0.1, 0.15) is 25.0 Å². The molecule has 0 saturated carbocycles. The minimum absolute atomic E-state index is 0.323. The van der Waals surface area contributed by atoms with E-state index in [1.54, 1.807) is 17.3 Å². The van der Waals surface area contributed by atoms with Gasteiger partial charge >= 0.3 is 0 Å². The average Bonchev–Trinajstić information content (AvgIpc) is 3.25. The zero-order valence-electron chi connectivity index (χ0n) is 14.1. The molecule has 1 unspecified atom stereocenters. The Kier molecular flexibility index (Phi) is 4.86. The third-order valence-corrected chi connectivity index (χ3v) is 4.80. The van der Waals surface area contributed by atoms with Crippen molar-refractivity contribution in [1.29, 1.82) is 0 Å². The molecule has 0 aliphatic rings. The van der Waals surface area contributed by atoms with Crippen molar-refractivity contribution in [2.24, 2.45) is 0 Å². The van der Waals surface area contributed by atoms with Crippen molar-refractivity contribution in [1.82, 2.24) is 29.1 Å². The van der Waals surface area contributed by atoms with E-state index in [0.29, 0.717) is 6.04 Å². The Balaban J connectivity index is 1.72. The van der Waals surface area contributed by atoms with Crippen molar-refractivity contribution < 1.29 is 4.90 Å². The number of aromatic nitrogens is 6. The molecule has 2 heterocycles. The number of nitrogens with one attached hydrogen (secondary N) is 1. The SMILES string of the molecule is CCn1cnn(C[NH+](C)[C@@H](C)c2ccc(-n3cncn3)cc2)c1=S. The summed E-state index contributed by atoms with van der Waals surface area (Å²) in [5, 5.41) is 8.53. The second-order valence-corrected chi connectivity index (χ2v) is 6.22. The van der Waals surface area contributed by atoms with Crippen LogP contribution in [0.2, 0.25) is 0 Å². The van der Waals surface area contributed by atoms with Crippen LogP contribution in [0.1, 0.15) is 25.5 Å². The van der Waals surface area contributed by atoms with Crippen molar-refractivity contribution in [2.45, 2.75) is 33.1 Å². The fourth-order valence-electron chi connectivity index (χ4n) is 2.61. The van der Waals surface area contributed by atoms with Crippen LogP contribution < -0.4 is 4.90 Å². The first-order valence-electron chi connectivity index (χ1n) is 7.99. The topological polar surface area (TPSA) is 57.9 Å². The molecule has 0 bridgehead atoms. The molecule has 1 aromatic carbocycles. The zero-order valence-corrected chi connectivity index (χ0v) is 14.9. The van der Waals surface area contributed by atoms with Crippen molar-refractivity contribution >= 4 is 12.2 Å². The lowest BCUT2D eigenvalue weighted by atomic mass is 10.1. The molecule has 0 radical (unpaired) electrons. The Morgan fingerprint density at radius 1 is 1.17 bits per heavy atom. The van der Waals surface area contributed by atoms with E-state index in [-0.39, 0.29) is 0 Å². The molecule has 126 valence electrons. The monoisotopic (exact) mass is 344 g/mol. The number of aryl methyl sites for hydroxylation is 1. The quantitative estimate of drug-likeness (QED) is 0.684.